The Hall–Kier alpha value is -1.66. The molecule has 0 aliphatic rings. The highest BCUT2D eigenvalue weighted by atomic mass is 32.2. The lowest BCUT2D eigenvalue weighted by Crippen LogP contribution is -2.25. The molecule has 1 aromatic carbocycles. The van der Waals surface area contributed by atoms with Gasteiger partial charge in [0.2, 0.25) is 10.0 Å². The molecule has 0 atom stereocenters. The van der Waals surface area contributed by atoms with E-state index in [9.17, 15) is 8.42 Å². The summed E-state index contributed by atoms with van der Waals surface area (Å²) in [5.41, 5.74) is 2.36. The van der Waals surface area contributed by atoms with Gasteiger partial charge in [0.1, 0.15) is 0 Å². The lowest BCUT2D eigenvalue weighted by atomic mass is 9.87. The Bertz CT molecular complexity index is 714. The maximum Gasteiger partial charge on any atom is 0.241 e. The molecular weight excluding hydrogens is 286 g/mol. The molecule has 0 aliphatic heterocycles. The number of aryl methyl sites for hydroxylation is 1. The van der Waals surface area contributed by atoms with Gasteiger partial charge in [-0.05, 0) is 29.5 Å². The van der Waals surface area contributed by atoms with Crippen LogP contribution in [0.1, 0.15) is 37.6 Å². The predicted molar refractivity (Wildman–Crippen MR) is 82.5 cm³/mol. The molecule has 0 radical (unpaired) electrons. The van der Waals surface area contributed by atoms with Crippen LogP contribution in [0, 0.1) is 6.92 Å². The summed E-state index contributed by atoms with van der Waals surface area (Å²) >= 11 is 0. The van der Waals surface area contributed by atoms with Crippen LogP contribution in [0.15, 0.2) is 35.6 Å². The normalized spacial score (nSPS) is 12.6. The van der Waals surface area contributed by atoms with Gasteiger partial charge in [-0.25, -0.2) is 18.1 Å². The molecule has 0 saturated carbocycles. The van der Waals surface area contributed by atoms with Gasteiger partial charge in [0.05, 0.1) is 17.8 Å². The van der Waals surface area contributed by atoms with Crippen molar-refractivity contribution in [3.63, 3.8) is 0 Å². The minimum Gasteiger partial charge on any atom is -0.347 e. The average Bonchev–Trinajstić information content (AvgIpc) is 2.88. The second-order valence-corrected chi connectivity index (χ2v) is 7.87. The topological polar surface area (TPSA) is 74.8 Å². The lowest BCUT2D eigenvalue weighted by Gasteiger charge is -2.20. The van der Waals surface area contributed by atoms with Crippen LogP contribution in [0.2, 0.25) is 0 Å². The summed E-state index contributed by atoms with van der Waals surface area (Å²) in [6.07, 6.45) is 3.12. The van der Waals surface area contributed by atoms with Gasteiger partial charge in [0.15, 0.2) is 0 Å². The average molecular weight is 307 g/mol. The summed E-state index contributed by atoms with van der Waals surface area (Å²) < 4.78 is 27.6. The summed E-state index contributed by atoms with van der Waals surface area (Å²) in [5.74, 6) is 0. The molecule has 114 valence electrons. The summed E-state index contributed by atoms with van der Waals surface area (Å²) in [7, 11) is -3.55. The molecule has 2 aromatic rings. The molecular formula is C15H21N3O2S. The van der Waals surface area contributed by atoms with Crippen molar-refractivity contribution in [2.45, 2.75) is 44.6 Å². The van der Waals surface area contributed by atoms with Gasteiger partial charge in [-0.1, -0.05) is 32.9 Å². The Kier molecular flexibility index (Phi) is 4.20. The van der Waals surface area contributed by atoms with Gasteiger partial charge in [-0.2, -0.15) is 0 Å². The minimum absolute atomic E-state index is 0.0959. The van der Waals surface area contributed by atoms with Crippen LogP contribution in [-0.2, 0) is 22.0 Å². The van der Waals surface area contributed by atoms with Crippen LogP contribution in [0.4, 0.5) is 0 Å². The molecule has 2 N–H and O–H groups in total. The summed E-state index contributed by atoms with van der Waals surface area (Å²) in [6.45, 7) is 8.18. The fourth-order valence-electron chi connectivity index (χ4n) is 1.99. The second-order valence-electron chi connectivity index (χ2n) is 6.13. The second kappa shape index (κ2) is 5.61. The smallest absolute Gasteiger partial charge is 0.241 e. The van der Waals surface area contributed by atoms with Crippen LogP contribution in [0.3, 0.4) is 0 Å². The molecule has 1 heterocycles. The third-order valence-corrected chi connectivity index (χ3v) is 4.89. The Morgan fingerprint density at radius 3 is 2.57 bits per heavy atom. The third-order valence-electron chi connectivity index (χ3n) is 3.35. The number of aromatic nitrogens is 2. The van der Waals surface area contributed by atoms with Crippen LogP contribution in [0.25, 0.3) is 0 Å². The number of nitrogens with zero attached hydrogens (tertiary/aromatic N) is 1. The highest BCUT2D eigenvalue weighted by Gasteiger charge is 2.21. The van der Waals surface area contributed by atoms with E-state index in [-0.39, 0.29) is 12.0 Å². The van der Waals surface area contributed by atoms with Crippen molar-refractivity contribution in [2.24, 2.45) is 0 Å². The number of nitrogens with one attached hydrogen (secondary N) is 2. The van der Waals surface area contributed by atoms with Crippen molar-refractivity contribution in [2.75, 3.05) is 0 Å². The Morgan fingerprint density at radius 1 is 1.29 bits per heavy atom. The molecule has 0 amide bonds. The molecule has 1 aromatic heterocycles. The molecule has 0 saturated heterocycles. The number of rotatable bonds is 4. The number of benzene rings is 1. The van der Waals surface area contributed by atoms with E-state index in [1.807, 2.05) is 12.1 Å². The van der Waals surface area contributed by atoms with Crippen molar-refractivity contribution in [3.05, 3.63) is 47.5 Å². The van der Waals surface area contributed by atoms with Gasteiger partial charge < -0.3 is 4.98 Å². The molecule has 0 fully saturated rings. The van der Waals surface area contributed by atoms with Crippen LogP contribution in [0.5, 0.6) is 0 Å². The SMILES string of the molecule is Cc1ccc(C(C)(C)C)cc1S(=O)(=O)NCc1cnc[nH]1. The number of hydrogen-bond donors (Lipinski definition) is 2. The van der Waals surface area contributed by atoms with Crippen LogP contribution in [-0.4, -0.2) is 18.4 Å². The van der Waals surface area contributed by atoms with Gasteiger partial charge in [-0.3, -0.25) is 0 Å². The first kappa shape index (κ1) is 15.7. The molecule has 0 bridgehead atoms. The Morgan fingerprint density at radius 2 is 2.00 bits per heavy atom. The monoisotopic (exact) mass is 307 g/mol. The minimum atomic E-state index is -3.55. The number of aromatic amines is 1. The highest BCUT2D eigenvalue weighted by molar-refractivity contribution is 7.89. The predicted octanol–water partition coefficient (Wildman–Crippen LogP) is 2.49. The quantitative estimate of drug-likeness (QED) is 0.911. The summed E-state index contributed by atoms with van der Waals surface area (Å²) in [6, 6.07) is 5.58. The summed E-state index contributed by atoms with van der Waals surface area (Å²) in [4.78, 5) is 7.07. The van der Waals surface area contributed by atoms with E-state index in [4.69, 9.17) is 0 Å². The molecule has 2 rings (SSSR count). The fourth-order valence-corrected chi connectivity index (χ4v) is 3.26. The fraction of sp³-hybridized carbons (Fsp3) is 0.400. The van der Waals surface area contributed by atoms with E-state index < -0.39 is 10.0 Å². The van der Waals surface area contributed by atoms with E-state index >= 15 is 0 Å². The molecule has 21 heavy (non-hydrogen) atoms. The molecule has 5 nitrogen and oxygen atoms in total. The van der Waals surface area contributed by atoms with Gasteiger partial charge in [0.25, 0.3) is 0 Å². The van der Waals surface area contributed by atoms with Crippen molar-refractivity contribution in [1.82, 2.24) is 14.7 Å². The largest absolute Gasteiger partial charge is 0.347 e. The van der Waals surface area contributed by atoms with Crippen LogP contribution >= 0.6 is 0 Å². The van der Waals surface area contributed by atoms with Crippen molar-refractivity contribution >= 4 is 10.0 Å². The molecule has 0 spiro atoms. The summed E-state index contributed by atoms with van der Waals surface area (Å²) in [5, 5.41) is 0. The highest BCUT2D eigenvalue weighted by Crippen LogP contribution is 2.26. The van der Waals surface area contributed by atoms with Gasteiger partial charge in [-0.15, -0.1) is 0 Å². The van der Waals surface area contributed by atoms with Gasteiger partial charge in [0, 0.05) is 11.9 Å². The zero-order chi connectivity index (χ0) is 15.7. The molecule has 0 unspecified atom stereocenters. The maximum absolute atomic E-state index is 12.5. The van der Waals surface area contributed by atoms with E-state index in [2.05, 4.69) is 35.5 Å². The van der Waals surface area contributed by atoms with Crippen LogP contribution < -0.4 is 4.72 Å². The first-order valence-electron chi connectivity index (χ1n) is 6.78. The van der Waals surface area contributed by atoms with E-state index in [1.165, 1.54) is 6.33 Å². The zero-order valence-electron chi connectivity index (χ0n) is 12.8. The first-order valence-corrected chi connectivity index (χ1v) is 8.26. The number of sulfonamides is 1. The zero-order valence-corrected chi connectivity index (χ0v) is 13.6. The van der Waals surface area contributed by atoms with Crippen molar-refractivity contribution in [3.8, 4) is 0 Å². The molecule has 0 aliphatic carbocycles. The lowest BCUT2D eigenvalue weighted by molar-refractivity contribution is 0.574. The Balaban J connectivity index is 2.31. The maximum atomic E-state index is 12.5. The van der Waals surface area contributed by atoms with E-state index in [0.29, 0.717) is 4.90 Å². The first-order chi connectivity index (χ1) is 9.70. The molecule has 6 heteroatoms. The Labute approximate surface area is 125 Å². The standard InChI is InChI=1S/C15H21N3O2S/c1-11-5-6-12(15(2,3)4)7-14(11)21(19,20)18-9-13-8-16-10-17-13/h5-8,10,18H,9H2,1-4H3,(H,16,17). The van der Waals surface area contributed by atoms with E-state index in [0.717, 1.165) is 16.8 Å². The third kappa shape index (κ3) is 3.71. The van der Waals surface area contributed by atoms with Crippen molar-refractivity contribution < 1.29 is 8.42 Å². The number of imidazole rings is 1. The van der Waals surface area contributed by atoms with E-state index in [1.54, 1.807) is 19.2 Å². The van der Waals surface area contributed by atoms with Crippen molar-refractivity contribution in [1.29, 1.82) is 0 Å². The number of hydrogen-bond acceptors (Lipinski definition) is 3. The van der Waals surface area contributed by atoms with Gasteiger partial charge >= 0.3 is 0 Å². The number of H-pyrrole nitrogens is 1.